The van der Waals surface area contributed by atoms with Crippen molar-refractivity contribution in [1.82, 2.24) is 5.32 Å². The van der Waals surface area contributed by atoms with E-state index < -0.39 is 27.8 Å². The lowest BCUT2D eigenvalue weighted by molar-refractivity contribution is -0.122. The Labute approximate surface area is 131 Å². The number of hydrogen-bond donors (Lipinski definition) is 1. The minimum Gasteiger partial charge on any atom is -0.354 e. The highest BCUT2D eigenvalue weighted by atomic mass is 32.2. The van der Waals surface area contributed by atoms with Crippen molar-refractivity contribution >= 4 is 21.6 Å². The SMILES string of the molecule is CCCCNC(=O)C(CC)N(c1ccccc1F)S(C)(=O)=O. The van der Waals surface area contributed by atoms with Gasteiger partial charge in [0.25, 0.3) is 0 Å². The third-order valence-corrected chi connectivity index (χ3v) is 4.41. The van der Waals surface area contributed by atoms with Crippen LogP contribution in [-0.2, 0) is 14.8 Å². The number of nitrogens with one attached hydrogen (secondary N) is 1. The predicted molar refractivity (Wildman–Crippen MR) is 85.7 cm³/mol. The van der Waals surface area contributed by atoms with E-state index in [4.69, 9.17) is 0 Å². The van der Waals surface area contributed by atoms with E-state index in [1.807, 2.05) is 6.92 Å². The molecule has 124 valence electrons. The number of benzene rings is 1. The van der Waals surface area contributed by atoms with Crippen molar-refractivity contribution in [2.24, 2.45) is 0 Å². The molecule has 1 N–H and O–H groups in total. The quantitative estimate of drug-likeness (QED) is 0.744. The highest BCUT2D eigenvalue weighted by Crippen LogP contribution is 2.25. The number of hydrogen-bond acceptors (Lipinski definition) is 3. The van der Waals surface area contributed by atoms with Crippen LogP contribution in [0, 0.1) is 5.82 Å². The van der Waals surface area contributed by atoms with Crippen LogP contribution >= 0.6 is 0 Å². The van der Waals surface area contributed by atoms with Gasteiger partial charge in [0.15, 0.2) is 0 Å². The summed E-state index contributed by atoms with van der Waals surface area (Å²) in [5.41, 5.74) is -0.109. The lowest BCUT2D eigenvalue weighted by Crippen LogP contribution is -2.49. The lowest BCUT2D eigenvalue weighted by atomic mass is 10.2. The molecule has 0 aromatic heterocycles. The van der Waals surface area contributed by atoms with Crippen LogP contribution in [0.5, 0.6) is 0 Å². The van der Waals surface area contributed by atoms with Gasteiger partial charge in [-0.05, 0) is 25.0 Å². The fourth-order valence-electron chi connectivity index (χ4n) is 2.17. The molecule has 0 bridgehead atoms. The zero-order valence-electron chi connectivity index (χ0n) is 13.2. The summed E-state index contributed by atoms with van der Waals surface area (Å²) in [6, 6.07) is 4.58. The maximum Gasteiger partial charge on any atom is 0.243 e. The summed E-state index contributed by atoms with van der Waals surface area (Å²) >= 11 is 0. The molecule has 0 spiro atoms. The molecular formula is C15H23FN2O3S. The molecule has 7 heteroatoms. The molecule has 0 saturated carbocycles. The molecule has 1 atom stereocenters. The molecule has 0 aliphatic carbocycles. The first-order valence-corrected chi connectivity index (χ1v) is 9.19. The van der Waals surface area contributed by atoms with Gasteiger partial charge in [0.05, 0.1) is 11.9 Å². The van der Waals surface area contributed by atoms with Crippen LogP contribution in [0.3, 0.4) is 0 Å². The minimum atomic E-state index is -3.79. The molecule has 0 heterocycles. The molecule has 1 aromatic carbocycles. The van der Waals surface area contributed by atoms with Crippen LogP contribution in [0.1, 0.15) is 33.1 Å². The third-order valence-electron chi connectivity index (χ3n) is 3.25. The number of carbonyl (C=O) groups excluding carboxylic acids is 1. The normalized spacial score (nSPS) is 12.7. The predicted octanol–water partition coefficient (Wildman–Crippen LogP) is 2.29. The number of unbranched alkanes of at least 4 members (excludes halogenated alkanes) is 1. The number of anilines is 1. The van der Waals surface area contributed by atoms with Crippen molar-refractivity contribution in [1.29, 1.82) is 0 Å². The van der Waals surface area contributed by atoms with Crippen LogP contribution in [0.15, 0.2) is 24.3 Å². The number of amides is 1. The van der Waals surface area contributed by atoms with E-state index in [1.54, 1.807) is 6.92 Å². The summed E-state index contributed by atoms with van der Waals surface area (Å²) in [5.74, 6) is -1.09. The van der Waals surface area contributed by atoms with Gasteiger partial charge in [-0.25, -0.2) is 12.8 Å². The Bertz CT molecular complexity index is 605. The molecule has 5 nitrogen and oxygen atoms in total. The highest BCUT2D eigenvalue weighted by Gasteiger charge is 2.32. The van der Waals surface area contributed by atoms with Crippen molar-refractivity contribution in [3.8, 4) is 0 Å². The van der Waals surface area contributed by atoms with Crippen LogP contribution < -0.4 is 9.62 Å². The van der Waals surface area contributed by atoms with Gasteiger partial charge in [0.1, 0.15) is 11.9 Å². The number of para-hydroxylation sites is 1. The molecule has 1 amide bonds. The number of rotatable bonds is 8. The first-order valence-electron chi connectivity index (χ1n) is 7.34. The van der Waals surface area contributed by atoms with E-state index in [9.17, 15) is 17.6 Å². The maximum atomic E-state index is 14.0. The van der Waals surface area contributed by atoms with Gasteiger partial charge in [0.2, 0.25) is 15.9 Å². The molecule has 22 heavy (non-hydrogen) atoms. The fraction of sp³-hybridized carbons (Fsp3) is 0.533. The van der Waals surface area contributed by atoms with Gasteiger partial charge in [-0.15, -0.1) is 0 Å². The Morgan fingerprint density at radius 2 is 1.95 bits per heavy atom. The molecule has 0 aliphatic rings. The molecule has 0 radical (unpaired) electrons. The Hall–Kier alpha value is -1.63. The van der Waals surface area contributed by atoms with Gasteiger partial charge >= 0.3 is 0 Å². The molecule has 1 aromatic rings. The van der Waals surface area contributed by atoms with Crippen molar-refractivity contribution in [3.05, 3.63) is 30.1 Å². The summed E-state index contributed by atoms with van der Waals surface area (Å²) in [5, 5.41) is 2.71. The number of nitrogens with zero attached hydrogens (tertiary/aromatic N) is 1. The Morgan fingerprint density at radius 3 is 2.45 bits per heavy atom. The molecule has 0 aliphatic heterocycles. The molecule has 0 fully saturated rings. The molecule has 1 unspecified atom stereocenters. The van der Waals surface area contributed by atoms with Gasteiger partial charge < -0.3 is 5.32 Å². The highest BCUT2D eigenvalue weighted by molar-refractivity contribution is 7.92. The Balaban J connectivity index is 3.15. The van der Waals surface area contributed by atoms with Crippen molar-refractivity contribution < 1.29 is 17.6 Å². The average Bonchev–Trinajstić information content (AvgIpc) is 2.44. The van der Waals surface area contributed by atoms with Crippen LogP contribution in [-0.4, -0.2) is 33.2 Å². The first-order chi connectivity index (χ1) is 10.3. The maximum absolute atomic E-state index is 14.0. The second-order valence-electron chi connectivity index (χ2n) is 5.08. The zero-order valence-corrected chi connectivity index (χ0v) is 14.0. The summed E-state index contributed by atoms with van der Waals surface area (Å²) in [4.78, 5) is 12.3. The van der Waals surface area contributed by atoms with E-state index >= 15 is 0 Å². The lowest BCUT2D eigenvalue weighted by Gasteiger charge is -2.30. The van der Waals surface area contributed by atoms with Crippen molar-refractivity contribution in [3.63, 3.8) is 0 Å². The van der Waals surface area contributed by atoms with Crippen LogP contribution in [0.2, 0.25) is 0 Å². The molecule has 0 saturated heterocycles. The largest absolute Gasteiger partial charge is 0.354 e. The van der Waals surface area contributed by atoms with Crippen LogP contribution in [0.4, 0.5) is 10.1 Å². The summed E-state index contributed by atoms with van der Waals surface area (Å²) < 4.78 is 39.1. The Kier molecular flexibility index (Phi) is 6.80. The van der Waals surface area contributed by atoms with E-state index in [2.05, 4.69) is 5.32 Å². The van der Waals surface area contributed by atoms with Crippen molar-refractivity contribution in [2.75, 3.05) is 17.1 Å². The molecule has 1 rings (SSSR count). The monoisotopic (exact) mass is 330 g/mol. The second kappa shape index (κ2) is 8.12. The van der Waals surface area contributed by atoms with E-state index in [0.29, 0.717) is 6.54 Å². The van der Waals surface area contributed by atoms with Gasteiger partial charge in [0, 0.05) is 6.54 Å². The van der Waals surface area contributed by atoms with E-state index in [1.165, 1.54) is 24.3 Å². The van der Waals surface area contributed by atoms with Gasteiger partial charge in [-0.2, -0.15) is 0 Å². The number of halogens is 1. The van der Waals surface area contributed by atoms with E-state index in [0.717, 1.165) is 23.4 Å². The average molecular weight is 330 g/mol. The summed E-state index contributed by atoms with van der Waals surface area (Å²) in [7, 11) is -3.79. The standard InChI is InChI=1S/C15H23FN2O3S/c1-4-6-11-17-15(19)13(5-2)18(22(3,20)21)14-10-8-7-9-12(14)16/h7-10,13H,4-6,11H2,1-3H3,(H,17,19). The summed E-state index contributed by atoms with van der Waals surface area (Å²) in [6.07, 6.45) is 2.95. The second-order valence-corrected chi connectivity index (χ2v) is 6.94. The van der Waals surface area contributed by atoms with Crippen LogP contribution in [0.25, 0.3) is 0 Å². The number of carbonyl (C=O) groups is 1. The van der Waals surface area contributed by atoms with E-state index in [-0.39, 0.29) is 12.1 Å². The zero-order chi connectivity index (χ0) is 16.8. The Morgan fingerprint density at radius 1 is 1.32 bits per heavy atom. The first kappa shape index (κ1) is 18.4. The molecular weight excluding hydrogens is 307 g/mol. The van der Waals surface area contributed by atoms with Gasteiger partial charge in [-0.1, -0.05) is 32.4 Å². The number of sulfonamides is 1. The van der Waals surface area contributed by atoms with Gasteiger partial charge in [-0.3, -0.25) is 9.10 Å². The third kappa shape index (κ3) is 4.69. The fourth-order valence-corrected chi connectivity index (χ4v) is 3.38. The summed E-state index contributed by atoms with van der Waals surface area (Å²) in [6.45, 7) is 4.16. The topological polar surface area (TPSA) is 66.5 Å². The van der Waals surface area contributed by atoms with Crippen molar-refractivity contribution in [2.45, 2.75) is 39.2 Å². The minimum absolute atomic E-state index is 0.109. The smallest absolute Gasteiger partial charge is 0.243 e.